The highest BCUT2D eigenvalue weighted by molar-refractivity contribution is 5.96. The molecule has 1 aliphatic rings. The average molecular weight is 480 g/mol. The Bertz CT molecular complexity index is 1380. The summed E-state index contributed by atoms with van der Waals surface area (Å²) in [5.41, 5.74) is 2.48. The number of fused-ring (bicyclic) bond motifs is 1. The first-order valence-corrected chi connectivity index (χ1v) is 10.9. The van der Waals surface area contributed by atoms with Crippen molar-refractivity contribution in [2.24, 2.45) is 5.92 Å². The van der Waals surface area contributed by atoms with Gasteiger partial charge in [-0.05, 0) is 61.2 Å². The number of H-pyrrole nitrogens is 1. The summed E-state index contributed by atoms with van der Waals surface area (Å²) in [5, 5.41) is 13.8. The maximum Gasteiger partial charge on any atom is 0.387 e. The standard InChI is InChI=1S/C24H22F2N6O3/c1-12-27-11-20(35-24(25)26)22(28-12)30-21-16-8-3-13(9-19(16)31-32-21)17-10-18(17)23(33)29-14-4-6-15(34-2)7-5-14/h3-9,11,17-18,24H,10H2,1-2H3,(H,29,33)(H2,27,28,30,31,32)/t17-,18?/m0/s1. The van der Waals surface area contributed by atoms with Gasteiger partial charge in [-0.25, -0.2) is 9.97 Å². The lowest BCUT2D eigenvalue weighted by atomic mass is 10.1. The second-order valence-corrected chi connectivity index (χ2v) is 8.18. The molecule has 180 valence electrons. The van der Waals surface area contributed by atoms with E-state index in [4.69, 9.17) is 4.74 Å². The average Bonchev–Trinajstić information content (AvgIpc) is 3.56. The van der Waals surface area contributed by atoms with Gasteiger partial charge in [0.25, 0.3) is 0 Å². The first kappa shape index (κ1) is 22.5. The fourth-order valence-electron chi connectivity index (χ4n) is 3.97. The first-order valence-electron chi connectivity index (χ1n) is 10.9. The molecule has 2 atom stereocenters. The fourth-order valence-corrected chi connectivity index (χ4v) is 3.97. The van der Waals surface area contributed by atoms with Gasteiger partial charge >= 0.3 is 6.61 Å². The van der Waals surface area contributed by atoms with E-state index >= 15 is 0 Å². The van der Waals surface area contributed by atoms with E-state index in [0.717, 1.165) is 34.3 Å². The maximum absolute atomic E-state index is 12.7. The van der Waals surface area contributed by atoms with Crippen molar-refractivity contribution in [1.82, 2.24) is 20.2 Å². The highest BCUT2D eigenvalue weighted by Gasteiger charge is 2.44. The van der Waals surface area contributed by atoms with Crippen LogP contribution in [0.15, 0.2) is 48.7 Å². The van der Waals surface area contributed by atoms with Crippen LogP contribution in [0.3, 0.4) is 0 Å². The molecular formula is C24H22F2N6O3. The molecule has 0 spiro atoms. The molecule has 0 bridgehead atoms. The van der Waals surface area contributed by atoms with Crippen molar-refractivity contribution in [2.45, 2.75) is 25.9 Å². The van der Waals surface area contributed by atoms with Crippen LogP contribution in [0, 0.1) is 12.8 Å². The normalized spacial score (nSPS) is 16.8. The topological polar surface area (TPSA) is 114 Å². The fraction of sp³-hybridized carbons (Fsp3) is 0.250. The Kier molecular flexibility index (Phi) is 5.89. The molecule has 5 rings (SSSR count). The van der Waals surface area contributed by atoms with Crippen LogP contribution in [0.25, 0.3) is 10.9 Å². The largest absolute Gasteiger partial charge is 0.497 e. The zero-order valence-electron chi connectivity index (χ0n) is 18.9. The van der Waals surface area contributed by atoms with Crippen LogP contribution in [0.2, 0.25) is 0 Å². The van der Waals surface area contributed by atoms with Gasteiger partial charge in [0.15, 0.2) is 17.4 Å². The quantitative estimate of drug-likeness (QED) is 0.333. The molecule has 2 heterocycles. The van der Waals surface area contributed by atoms with Crippen LogP contribution < -0.4 is 20.1 Å². The number of rotatable bonds is 8. The van der Waals surface area contributed by atoms with Gasteiger partial charge in [-0.15, -0.1) is 0 Å². The molecule has 0 radical (unpaired) electrons. The highest BCUT2D eigenvalue weighted by atomic mass is 19.3. The van der Waals surface area contributed by atoms with Crippen molar-refractivity contribution >= 4 is 34.1 Å². The number of nitrogens with zero attached hydrogens (tertiary/aromatic N) is 3. The number of aromatic amines is 1. The zero-order valence-corrected chi connectivity index (χ0v) is 18.9. The molecule has 2 aromatic carbocycles. The summed E-state index contributed by atoms with van der Waals surface area (Å²) in [4.78, 5) is 20.7. The minimum absolute atomic E-state index is 0.0297. The van der Waals surface area contributed by atoms with Crippen molar-refractivity contribution in [3.05, 3.63) is 60.0 Å². The molecule has 9 nitrogen and oxygen atoms in total. The number of hydrogen-bond donors (Lipinski definition) is 3. The summed E-state index contributed by atoms with van der Waals surface area (Å²) in [7, 11) is 1.59. The second kappa shape index (κ2) is 9.16. The number of methoxy groups -OCH3 is 1. The summed E-state index contributed by atoms with van der Waals surface area (Å²) >= 11 is 0. The van der Waals surface area contributed by atoms with E-state index in [1.54, 1.807) is 38.3 Å². The molecule has 1 aliphatic carbocycles. The number of ether oxygens (including phenoxy) is 2. The van der Waals surface area contributed by atoms with E-state index < -0.39 is 6.61 Å². The number of carbonyl (C=O) groups excluding carboxylic acids is 1. The van der Waals surface area contributed by atoms with Crippen molar-refractivity contribution in [3.8, 4) is 11.5 Å². The minimum atomic E-state index is -3.01. The first-order chi connectivity index (χ1) is 16.9. The lowest BCUT2D eigenvalue weighted by Gasteiger charge is -2.10. The summed E-state index contributed by atoms with van der Waals surface area (Å²) in [6.45, 7) is -1.36. The number of aromatic nitrogens is 4. The van der Waals surface area contributed by atoms with Crippen LogP contribution in [0.5, 0.6) is 11.5 Å². The molecule has 0 aliphatic heterocycles. The van der Waals surface area contributed by atoms with Crippen LogP contribution in [-0.4, -0.2) is 39.8 Å². The maximum atomic E-state index is 12.7. The second-order valence-electron chi connectivity index (χ2n) is 8.18. The van der Waals surface area contributed by atoms with E-state index in [9.17, 15) is 13.6 Å². The number of nitrogens with one attached hydrogen (secondary N) is 3. The summed E-state index contributed by atoms with van der Waals surface area (Å²) in [5.74, 6) is 1.40. The van der Waals surface area contributed by atoms with Crippen LogP contribution in [0.4, 0.5) is 26.1 Å². The van der Waals surface area contributed by atoms with E-state index in [2.05, 4.69) is 35.5 Å². The number of anilines is 3. The number of halogens is 2. The van der Waals surface area contributed by atoms with Gasteiger partial charge in [0.2, 0.25) is 5.91 Å². The highest BCUT2D eigenvalue weighted by Crippen LogP contribution is 2.48. The monoisotopic (exact) mass is 480 g/mol. The molecular weight excluding hydrogens is 458 g/mol. The molecule has 11 heteroatoms. The summed E-state index contributed by atoms with van der Waals surface area (Å²) < 4.78 is 35.1. The van der Waals surface area contributed by atoms with Crippen molar-refractivity contribution in [1.29, 1.82) is 0 Å². The summed E-state index contributed by atoms with van der Waals surface area (Å²) in [6.07, 6.45) is 1.94. The Morgan fingerprint density at radius 3 is 2.71 bits per heavy atom. The number of benzene rings is 2. The molecule has 3 N–H and O–H groups in total. The van der Waals surface area contributed by atoms with Crippen molar-refractivity contribution in [3.63, 3.8) is 0 Å². The number of amides is 1. The molecule has 0 saturated heterocycles. The SMILES string of the molecule is COc1ccc(NC(=O)C2C[C@H]2c2ccc3c(Nc4nc(C)ncc4OC(F)F)n[nH]c3c2)cc1. The lowest BCUT2D eigenvalue weighted by Crippen LogP contribution is -2.14. The number of carbonyl (C=O) groups is 1. The van der Waals surface area contributed by atoms with Crippen molar-refractivity contribution in [2.75, 3.05) is 17.7 Å². The minimum Gasteiger partial charge on any atom is -0.497 e. The van der Waals surface area contributed by atoms with Gasteiger partial charge in [-0.2, -0.15) is 13.9 Å². The Labute approximate surface area is 198 Å². The summed E-state index contributed by atoms with van der Waals surface area (Å²) in [6, 6.07) is 12.9. The van der Waals surface area contributed by atoms with Gasteiger partial charge in [-0.3, -0.25) is 9.89 Å². The molecule has 4 aromatic rings. The van der Waals surface area contributed by atoms with E-state index in [1.165, 1.54) is 6.20 Å². The molecule has 1 saturated carbocycles. The van der Waals surface area contributed by atoms with Gasteiger partial charge in [-0.1, -0.05) is 6.07 Å². The predicted molar refractivity (Wildman–Crippen MR) is 125 cm³/mol. The Balaban J connectivity index is 1.29. The van der Waals surface area contributed by atoms with Crippen LogP contribution >= 0.6 is 0 Å². The lowest BCUT2D eigenvalue weighted by molar-refractivity contribution is -0.117. The third-order valence-electron chi connectivity index (χ3n) is 5.83. The molecule has 35 heavy (non-hydrogen) atoms. The van der Waals surface area contributed by atoms with Gasteiger partial charge in [0, 0.05) is 17.0 Å². The van der Waals surface area contributed by atoms with Gasteiger partial charge in [0.1, 0.15) is 11.6 Å². The smallest absolute Gasteiger partial charge is 0.387 e. The molecule has 1 unspecified atom stereocenters. The van der Waals surface area contributed by atoms with E-state index in [-0.39, 0.29) is 29.3 Å². The van der Waals surface area contributed by atoms with Crippen LogP contribution in [-0.2, 0) is 4.79 Å². The zero-order chi connectivity index (χ0) is 24.5. The van der Waals surface area contributed by atoms with Gasteiger partial charge < -0.3 is 20.1 Å². The molecule has 1 amide bonds. The molecule has 2 aromatic heterocycles. The number of aryl methyl sites for hydroxylation is 1. The molecule has 1 fully saturated rings. The Hall–Kier alpha value is -4.28. The number of hydrogen-bond acceptors (Lipinski definition) is 7. The van der Waals surface area contributed by atoms with E-state index in [1.807, 2.05) is 18.2 Å². The predicted octanol–water partition coefficient (Wildman–Crippen LogP) is 4.76. The third-order valence-corrected chi connectivity index (χ3v) is 5.83. The Morgan fingerprint density at radius 1 is 1.17 bits per heavy atom. The Morgan fingerprint density at radius 2 is 1.97 bits per heavy atom. The third kappa shape index (κ3) is 4.84. The van der Waals surface area contributed by atoms with E-state index in [0.29, 0.717) is 11.6 Å². The van der Waals surface area contributed by atoms with Crippen molar-refractivity contribution < 1.29 is 23.0 Å². The van der Waals surface area contributed by atoms with Crippen LogP contribution in [0.1, 0.15) is 23.7 Å². The van der Waals surface area contributed by atoms with Gasteiger partial charge in [0.05, 0.1) is 18.8 Å². The number of alkyl halides is 2.